The van der Waals surface area contributed by atoms with Crippen LogP contribution >= 0.6 is 0 Å². The highest BCUT2D eigenvalue weighted by atomic mass is 16.4. The molecule has 0 radical (unpaired) electrons. The van der Waals surface area contributed by atoms with Gasteiger partial charge in [-0.2, -0.15) is 0 Å². The van der Waals surface area contributed by atoms with Crippen LogP contribution in [0.15, 0.2) is 18.2 Å². The summed E-state index contributed by atoms with van der Waals surface area (Å²) in [4.78, 5) is 10.9. The second-order valence-corrected chi connectivity index (χ2v) is 4.95. The monoisotopic (exact) mass is 236 g/mol. The Morgan fingerprint density at radius 1 is 1.29 bits per heavy atom. The number of benzene rings is 1. The van der Waals surface area contributed by atoms with Crippen LogP contribution in [0.1, 0.15) is 37.0 Å². The topological polar surface area (TPSA) is 57.5 Å². The summed E-state index contributed by atoms with van der Waals surface area (Å²) in [5, 5.41) is 19.5. The van der Waals surface area contributed by atoms with Gasteiger partial charge in [-0.25, -0.2) is 0 Å². The number of carboxylic acid groups (broad SMARTS) is 1. The summed E-state index contributed by atoms with van der Waals surface area (Å²) >= 11 is 0. The van der Waals surface area contributed by atoms with Gasteiger partial charge in [0.05, 0.1) is 6.42 Å². The summed E-state index contributed by atoms with van der Waals surface area (Å²) in [5.74, 6) is -1.14. The number of aryl methyl sites for hydroxylation is 2. The van der Waals surface area contributed by atoms with Crippen molar-refractivity contribution in [3.8, 4) is 0 Å². The molecule has 3 heteroatoms. The van der Waals surface area contributed by atoms with Crippen LogP contribution in [-0.2, 0) is 10.4 Å². The van der Waals surface area contributed by atoms with Gasteiger partial charge in [0.2, 0.25) is 0 Å². The van der Waals surface area contributed by atoms with Crippen molar-refractivity contribution in [1.82, 2.24) is 0 Å². The zero-order valence-corrected chi connectivity index (χ0v) is 10.8. The average molecular weight is 236 g/mol. The van der Waals surface area contributed by atoms with Crippen molar-refractivity contribution in [3.63, 3.8) is 0 Å². The van der Waals surface area contributed by atoms with Gasteiger partial charge < -0.3 is 10.2 Å². The maximum Gasteiger partial charge on any atom is 0.306 e. The minimum Gasteiger partial charge on any atom is -0.481 e. The zero-order chi connectivity index (χ0) is 13.2. The Hall–Kier alpha value is -1.35. The van der Waals surface area contributed by atoms with Crippen molar-refractivity contribution in [2.24, 2.45) is 5.92 Å². The predicted octanol–water partition coefficient (Wildman–Crippen LogP) is 2.62. The number of carbonyl (C=O) groups is 1. The lowest BCUT2D eigenvalue weighted by molar-refractivity contribution is -0.145. The molecule has 0 heterocycles. The van der Waals surface area contributed by atoms with E-state index in [1.54, 1.807) is 0 Å². The van der Waals surface area contributed by atoms with E-state index in [0.717, 1.165) is 11.1 Å². The molecule has 0 aliphatic carbocycles. The first-order valence-electron chi connectivity index (χ1n) is 5.79. The van der Waals surface area contributed by atoms with E-state index in [2.05, 4.69) is 0 Å². The summed E-state index contributed by atoms with van der Waals surface area (Å²) in [7, 11) is 0. The standard InChI is InChI=1S/C14H20O3/c1-9(2)14(17,8-13(15)16)12-6-5-10(3)11(4)7-12/h5-7,9,17H,8H2,1-4H3,(H,15,16). The Kier molecular flexibility index (Phi) is 3.94. The summed E-state index contributed by atoms with van der Waals surface area (Å²) in [6.07, 6.45) is -0.271. The highest BCUT2D eigenvalue weighted by Crippen LogP contribution is 2.33. The van der Waals surface area contributed by atoms with Crippen LogP contribution in [0.4, 0.5) is 0 Å². The molecule has 1 atom stereocenters. The van der Waals surface area contributed by atoms with Crippen molar-refractivity contribution in [2.75, 3.05) is 0 Å². The highest BCUT2D eigenvalue weighted by molar-refractivity contribution is 5.68. The minimum absolute atomic E-state index is 0.152. The largest absolute Gasteiger partial charge is 0.481 e. The molecule has 1 rings (SSSR count). The molecule has 94 valence electrons. The molecule has 1 unspecified atom stereocenters. The van der Waals surface area contributed by atoms with Gasteiger partial charge in [0.15, 0.2) is 0 Å². The molecule has 0 aromatic heterocycles. The smallest absolute Gasteiger partial charge is 0.306 e. The summed E-state index contributed by atoms with van der Waals surface area (Å²) < 4.78 is 0. The van der Waals surface area contributed by atoms with Gasteiger partial charge in [-0.1, -0.05) is 32.0 Å². The molecular weight excluding hydrogens is 216 g/mol. The molecule has 1 aromatic rings. The molecule has 1 aromatic carbocycles. The fourth-order valence-corrected chi connectivity index (χ4v) is 1.88. The van der Waals surface area contributed by atoms with E-state index < -0.39 is 11.6 Å². The predicted molar refractivity (Wildman–Crippen MR) is 66.9 cm³/mol. The maximum absolute atomic E-state index is 10.9. The third kappa shape index (κ3) is 2.86. The van der Waals surface area contributed by atoms with Crippen LogP contribution in [0.5, 0.6) is 0 Å². The Labute approximate surface area is 102 Å². The first-order chi connectivity index (χ1) is 7.77. The van der Waals surface area contributed by atoms with Gasteiger partial charge in [-0.05, 0) is 36.5 Å². The lowest BCUT2D eigenvalue weighted by Gasteiger charge is -2.31. The fraction of sp³-hybridized carbons (Fsp3) is 0.500. The van der Waals surface area contributed by atoms with E-state index in [9.17, 15) is 9.90 Å². The Bertz CT molecular complexity index is 423. The molecule has 0 aliphatic rings. The quantitative estimate of drug-likeness (QED) is 0.845. The number of hydrogen-bond acceptors (Lipinski definition) is 2. The molecule has 0 saturated heterocycles. The lowest BCUT2D eigenvalue weighted by atomic mass is 9.80. The Balaban J connectivity index is 3.22. The number of carboxylic acids is 1. The molecular formula is C14H20O3. The lowest BCUT2D eigenvalue weighted by Crippen LogP contribution is -2.34. The van der Waals surface area contributed by atoms with E-state index in [-0.39, 0.29) is 12.3 Å². The third-order valence-corrected chi connectivity index (χ3v) is 3.38. The summed E-state index contributed by atoms with van der Waals surface area (Å²) in [5.41, 5.74) is 1.57. The van der Waals surface area contributed by atoms with E-state index in [0.29, 0.717) is 5.56 Å². The zero-order valence-electron chi connectivity index (χ0n) is 10.8. The van der Waals surface area contributed by atoms with Crippen molar-refractivity contribution in [1.29, 1.82) is 0 Å². The fourth-order valence-electron chi connectivity index (χ4n) is 1.88. The molecule has 0 fully saturated rings. The number of hydrogen-bond donors (Lipinski definition) is 2. The molecule has 2 N–H and O–H groups in total. The van der Waals surface area contributed by atoms with E-state index in [1.807, 2.05) is 45.9 Å². The second kappa shape index (κ2) is 4.88. The SMILES string of the molecule is Cc1ccc(C(O)(CC(=O)O)C(C)C)cc1C. The minimum atomic E-state index is -1.30. The van der Waals surface area contributed by atoms with Crippen LogP contribution in [-0.4, -0.2) is 16.2 Å². The molecule has 17 heavy (non-hydrogen) atoms. The molecule has 0 amide bonds. The van der Waals surface area contributed by atoms with Crippen LogP contribution in [0.2, 0.25) is 0 Å². The van der Waals surface area contributed by atoms with Gasteiger partial charge >= 0.3 is 5.97 Å². The molecule has 0 bridgehead atoms. The van der Waals surface area contributed by atoms with Crippen molar-refractivity contribution < 1.29 is 15.0 Å². The van der Waals surface area contributed by atoms with Gasteiger partial charge in [0, 0.05) is 0 Å². The number of rotatable bonds is 4. The maximum atomic E-state index is 10.9. The Morgan fingerprint density at radius 2 is 1.88 bits per heavy atom. The molecule has 0 spiro atoms. The third-order valence-electron chi connectivity index (χ3n) is 3.38. The van der Waals surface area contributed by atoms with E-state index in [1.165, 1.54) is 0 Å². The van der Waals surface area contributed by atoms with Gasteiger partial charge in [-0.3, -0.25) is 4.79 Å². The normalized spacial score (nSPS) is 14.7. The van der Waals surface area contributed by atoms with Crippen LogP contribution in [0.3, 0.4) is 0 Å². The van der Waals surface area contributed by atoms with Crippen LogP contribution < -0.4 is 0 Å². The molecule has 0 saturated carbocycles. The van der Waals surface area contributed by atoms with E-state index >= 15 is 0 Å². The summed E-state index contributed by atoms with van der Waals surface area (Å²) in [6, 6.07) is 5.60. The average Bonchev–Trinajstić information content (AvgIpc) is 2.20. The first kappa shape index (κ1) is 13.7. The van der Waals surface area contributed by atoms with Gasteiger partial charge in [0.1, 0.15) is 5.60 Å². The first-order valence-corrected chi connectivity index (χ1v) is 5.79. The van der Waals surface area contributed by atoms with Gasteiger partial charge in [0.25, 0.3) is 0 Å². The molecule has 0 aliphatic heterocycles. The van der Waals surface area contributed by atoms with Crippen LogP contribution in [0.25, 0.3) is 0 Å². The van der Waals surface area contributed by atoms with Crippen molar-refractivity contribution >= 4 is 5.97 Å². The highest BCUT2D eigenvalue weighted by Gasteiger charge is 2.35. The Morgan fingerprint density at radius 3 is 2.29 bits per heavy atom. The van der Waals surface area contributed by atoms with Crippen LogP contribution in [0, 0.1) is 19.8 Å². The van der Waals surface area contributed by atoms with Crippen molar-refractivity contribution in [2.45, 2.75) is 39.7 Å². The van der Waals surface area contributed by atoms with E-state index in [4.69, 9.17) is 5.11 Å². The van der Waals surface area contributed by atoms with Crippen molar-refractivity contribution in [3.05, 3.63) is 34.9 Å². The number of aliphatic carboxylic acids is 1. The second-order valence-electron chi connectivity index (χ2n) is 4.95. The molecule has 3 nitrogen and oxygen atoms in total. The summed E-state index contributed by atoms with van der Waals surface area (Å²) in [6.45, 7) is 7.61. The van der Waals surface area contributed by atoms with Gasteiger partial charge in [-0.15, -0.1) is 0 Å². The number of aliphatic hydroxyl groups is 1.